The highest BCUT2D eigenvalue weighted by Crippen LogP contribution is 2.27. The van der Waals surface area contributed by atoms with Crippen LogP contribution < -0.4 is 10.6 Å². The SMILES string of the molecule is CCCNC(=O)CCNCc1ccn(C2CCCCC2)n1. The highest BCUT2D eigenvalue weighted by atomic mass is 16.1. The smallest absolute Gasteiger partial charge is 0.221 e. The molecule has 5 nitrogen and oxygen atoms in total. The summed E-state index contributed by atoms with van der Waals surface area (Å²) in [5.41, 5.74) is 1.06. The van der Waals surface area contributed by atoms with Gasteiger partial charge in [-0.2, -0.15) is 5.10 Å². The van der Waals surface area contributed by atoms with Gasteiger partial charge in [0.05, 0.1) is 11.7 Å². The first kappa shape index (κ1) is 16.0. The second kappa shape index (κ2) is 8.82. The Labute approximate surface area is 127 Å². The van der Waals surface area contributed by atoms with Crippen LogP contribution in [0.5, 0.6) is 0 Å². The van der Waals surface area contributed by atoms with Gasteiger partial charge in [0.2, 0.25) is 5.91 Å². The second-order valence-corrected chi connectivity index (χ2v) is 5.86. The minimum atomic E-state index is 0.122. The predicted molar refractivity (Wildman–Crippen MR) is 84.0 cm³/mol. The Balaban J connectivity index is 1.65. The van der Waals surface area contributed by atoms with Crippen molar-refractivity contribution in [2.75, 3.05) is 13.1 Å². The third-order valence-electron chi connectivity index (χ3n) is 4.02. The number of carbonyl (C=O) groups excluding carboxylic acids is 1. The number of nitrogens with one attached hydrogen (secondary N) is 2. The van der Waals surface area contributed by atoms with Crippen molar-refractivity contribution in [1.29, 1.82) is 0 Å². The van der Waals surface area contributed by atoms with Crippen molar-refractivity contribution < 1.29 is 4.79 Å². The summed E-state index contributed by atoms with van der Waals surface area (Å²) in [6, 6.07) is 2.67. The molecule has 2 N–H and O–H groups in total. The van der Waals surface area contributed by atoms with E-state index in [1.807, 2.05) is 0 Å². The van der Waals surface area contributed by atoms with Gasteiger partial charge in [0.15, 0.2) is 0 Å². The first-order valence-corrected chi connectivity index (χ1v) is 8.31. The third kappa shape index (κ3) is 5.50. The maximum Gasteiger partial charge on any atom is 0.221 e. The molecule has 1 fully saturated rings. The fourth-order valence-electron chi connectivity index (χ4n) is 2.79. The van der Waals surface area contributed by atoms with Crippen LogP contribution in [0, 0.1) is 0 Å². The van der Waals surface area contributed by atoms with Crippen LogP contribution >= 0.6 is 0 Å². The zero-order valence-electron chi connectivity index (χ0n) is 13.1. The number of rotatable bonds is 8. The van der Waals surface area contributed by atoms with Gasteiger partial charge in [-0.15, -0.1) is 0 Å². The van der Waals surface area contributed by atoms with Crippen molar-refractivity contribution in [3.05, 3.63) is 18.0 Å². The van der Waals surface area contributed by atoms with Crippen molar-refractivity contribution in [3.8, 4) is 0 Å². The molecule has 1 aromatic heterocycles. The van der Waals surface area contributed by atoms with E-state index in [4.69, 9.17) is 0 Å². The first-order chi connectivity index (χ1) is 10.3. The lowest BCUT2D eigenvalue weighted by Crippen LogP contribution is -2.28. The van der Waals surface area contributed by atoms with Gasteiger partial charge in [-0.25, -0.2) is 0 Å². The molecule has 0 unspecified atom stereocenters. The lowest BCUT2D eigenvalue weighted by Gasteiger charge is -2.21. The molecule has 0 radical (unpaired) electrons. The number of hydrogen-bond acceptors (Lipinski definition) is 3. The quantitative estimate of drug-likeness (QED) is 0.723. The Kier molecular flexibility index (Phi) is 6.73. The molecule has 0 spiro atoms. The highest BCUT2D eigenvalue weighted by molar-refractivity contribution is 5.75. The molecule has 0 aliphatic heterocycles. The fraction of sp³-hybridized carbons (Fsp3) is 0.750. The van der Waals surface area contributed by atoms with E-state index in [0.29, 0.717) is 19.0 Å². The van der Waals surface area contributed by atoms with E-state index in [-0.39, 0.29) is 5.91 Å². The van der Waals surface area contributed by atoms with Crippen LogP contribution in [0.3, 0.4) is 0 Å². The van der Waals surface area contributed by atoms with E-state index in [1.54, 1.807) is 0 Å². The van der Waals surface area contributed by atoms with Gasteiger partial charge in [0, 0.05) is 32.3 Å². The third-order valence-corrected chi connectivity index (χ3v) is 4.02. The van der Waals surface area contributed by atoms with Crippen LogP contribution in [0.25, 0.3) is 0 Å². The van der Waals surface area contributed by atoms with E-state index in [0.717, 1.165) is 25.2 Å². The summed E-state index contributed by atoms with van der Waals surface area (Å²) < 4.78 is 2.13. The van der Waals surface area contributed by atoms with Crippen LogP contribution in [-0.4, -0.2) is 28.8 Å². The molecule has 1 amide bonds. The molecule has 0 bridgehead atoms. The Morgan fingerprint density at radius 1 is 1.33 bits per heavy atom. The Bertz CT molecular complexity index is 424. The highest BCUT2D eigenvalue weighted by Gasteiger charge is 2.15. The molecule has 1 aromatic rings. The molecule has 2 rings (SSSR count). The summed E-state index contributed by atoms with van der Waals surface area (Å²) in [6.45, 7) is 4.26. The van der Waals surface area contributed by atoms with Crippen molar-refractivity contribution in [2.45, 2.75) is 64.5 Å². The van der Waals surface area contributed by atoms with Crippen LogP contribution in [0.15, 0.2) is 12.3 Å². The number of amides is 1. The van der Waals surface area contributed by atoms with Crippen LogP contribution in [0.1, 0.15) is 63.6 Å². The predicted octanol–water partition coefficient (Wildman–Crippen LogP) is 2.39. The van der Waals surface area contributed by atoms with Crippen LogP contribution in [0.4, 0.5) is 0 Å². The average molecular weight is 292 g/mol. The molecular formula is C16H28N4O. The van der Waals surface area contributed by atoms with Gasteiger partial charge in [0.1, 0.15) is 0 Å². The monoisotopic (exact) mass is 292 g/mol. The summed E-state index contributed by atoms with van der Waals surface area (Å²) in [5, 5.41) is 10.8. The summed E-state index contributed by atoms with van der Waals surface area (Å²) in [4.78, 5) is 11.5. The van der Waals surface area contributed by atoms with E-state index >= 15 is 0 Å². The van der Waals surface area contributed by atoms with E-state index in [1.165, 1.54) is 32.1 Å². The maximum absolute atomic E-state index is 11.5. The maximum atomic E-state index is 11.5. The number of nitrogens with zero attached hydrogens (tertiary/aromatic N) is 2. The van der Waals surface area contributed by atoms with Crippen molar-refractivity contribution >= 4 is 5.91 Å². The van der Waals surface area contributed by atoms with E-state index < -0.39 is 0 Å². The molecule has 0 saturated heterocycles. The fourth-order valence-corrected chi connectivity index (χ4v) is 2.79. The molecule has 1 aliphatic rings. The van der Waals surface area contributed by atoms with Crippen LogP contribution in [-0.2, 0) is 11.3 Å². The van der Waals surface area contributed by atoms with E-state index in [2.05, 4.69) is 39.6 Å². The van der Waals surface area contributed by atoms with E-state index in [9.17, 15) is 4.79 Å². The molecule has 5 heteroatoms. The molecule has 1 aliphatic carbocycles. The minimum Gasteiger partial charge on any atom is -0.356 e. The molecule has 1 saturated carbocycles. The van der Waals surface area contributed by atoms with Gasteiger partial charge >= 0.3 is 0 Å². The first-order valence-electron chi connectivity index (χ1n) is 8.31. The van der Waals surface area contributed by atoms with Gasteiger partial charge in [0.25, 0.3) is 0 Å². The zero-order valence-corrected chi connectivity index (χ0v) is 13.1. The summed E-state index contributed by atoms with van der Waals surface area (Å²) in [7, 11) is 0. The Morgan fingerprint density at radius 3 is 2.90 bits per heavy atom. The number of aromatic nitrogens is 2. The van der Waals surface area contributed by atoms with Gasteiger partial charge < -0.3 is 10.6 Å². The summed E-state index contributed by atoms with van der Waals surface area (Å²) in [5.74, 6) is 0.122. The topological polar surface area (TPSA) is 59.0 Å². The lowest BCUT2D eigenvalue weighted by molar-refractivity contribution is -0.120. The Morgan fingerprint density at radius 2 is 2.14 bits per heavy atom. The molecule has 1 heterocycles. The standard InChI is InChI=1S/C16H28N4O/c1-2-10-18-16(21)8-11-17-13-14-9-12-20(19-14)15-6-4-3-5-7-15/h9,12,15,17H,2-8,10-11,13H2,1H3,(H,18,21). The lowest BCUT2D eigenvalue weighted by atomic mass is 9.96. The van der Waals surface area contributed by atoms with Gasteiger partial charge in [-0.1, -0.05) is 26.2 Å². The van der Waals surface area contributed by atoms with Gasteiger partial charge in [-0.05, 0) is 25.3 Å². The number of hydrogen-bond donors (Lipinski definition) is 2. The second-order valence-electron chi connectivity index (χ2n) is 5.86. The van der Waals surface area contributed by atoms with Crippen molar-refractivity contribution in [3.63, 3.8) is 0 Å². The van der Waals surface area contributed by atoms with Crippen LogP contribution in [0.2, 0.25) is 0 Å². The molecule has 118 valence electrons. The minimum absolute atomic E-state index is 0.122. The normalized spacial score (nSPS) is 16.0. The zero-order chi connectivity index (χ0) is 14.9. The Hall–Kier alpha value is -1.36. The average Bonchev–Trinajstić information content (AvgIpc) is 2.99. The van der Waals surface area contributed by atoms with Gasteiger partial charge in [-0.3, -0.25) is 9.48 Å². The molecule has 0 atom stereocenters. The molecule has 0 aromatic carbocycles. The molecular weight excluding hydrogens is 264 g/mol. The van der Waals surface area contributed by atoms with Crippen molar-refractivity contribution in [2.24, 2.45) is 0 Å². The summed E-state index contributed by atoms with van der Waals surface area (Å²) >= 11 is 0. The largest absolute Gasteiger partial charge is 0.356 e. The summed E-state index contributed by atoms with van der Waals surface area (Å²) in [6.07, 6.45) is 10.1. The van der Waals surface area contributed by atoms with Crippen molar-refractivity contribution in [1.82, 2.24) is 20.4 Å². The number of carbonyl (C=O) groups is 1. The molecule has 21 heavy (non-hydrogen) atoms.